The van der Waals surface area contributed by atoms with Crippen LogP contribution < -0.4 is 20.7 Å². The molecule has 1 aromatic rings. The van der Waals surface area contributed by atoms with Gasteiger partial charge in [-0.1, -0.05) is 6.07 Å². The first-order valence-corrected chi connectivity index (χ1v) is 7.22. The summed E-state index contributed by atoms with van der Waals surface area (Å²) in [6, 6.07) is 7.82. The molecule has 0 aromatic heterocycles. The fourth-order valence-electron chi connectivity index (χ4n) is 2.58. The lowest BCUT2D eigenvalue weighted by Crippen LogP contribution is -2.53. The molecule has 1 aliphatic heterocycles. The van der Waals surface area contributed by atoms with Gasteiger partial charge in [-0.15, -0.1) is 0 Å². The number of primary amides is 1. The lowest BCUT2D eigenvalue weighted by molar-refractivity contribution is -0.120. The van der Waals surface area contributed by atoms with Crippen LogP contribution in [-0.2, 0) is 4.79 Å². The second-order valence-electron chi connectivity index (χ2n) is 5.23. The number of nitrogens with two attached hydrogens (primary N) is 1. The normalized spacial score (nSPS) is 17.5. The largest absolute Gasteiger partial charge is 0.497 e. The van der Waals surface area contributed by atoms with E-state index >= 15 is 0 Å². The van der Waals surface area contributed by atoms with Gasteiger partial charge in [0, 0.05) is 44.5 Å². The monoisotopic (exact) mass is 292 g/mol. The van der Waals surface area contributed by atoms with Gasteiger partial charge in [-0.2, -0.15) is 0 Å². The van der Waals surface area contributed by atoms with Crippen LogP contribution in [0.5, 0.6) is 5.75 Å². The molecule has 0 radical (unpaired) electrons. The van der Waals surface area contributed by atoms with Crippen molar-refractivity contribution in [3.63, 3.8) is 0 Å². The predicted octanol–water partition coefficient (Wildman–Crippen LogP) is -0.109. The number of benzene rings is 1. The summed E-state index contributed by atoms with van der Waals surface area (Å²) >= 11 is 0. The maximum atomic E-state index is 11.3. The van der Waals surface area contributed by atoms with Crippen molar-refractivity contribution in [1.82, 2.24) is 10.2 Å². The smallest absolute Gasteiger partial charge is 0.235 e. The Morgan fingerprint density at radius 3 is 2.67 bits per heavy atom. The Morgan fingerprint density at radius 1 is 1.38 bits per heavy atom. The van der Waals surface area contributed by atoms with Crippen LogP contribution >= 0.6 is 0 Å². The third-order valence-corrected chi connectivity index (χ3v) is 3.92. The number of amides is 1. The molecule has 3 N–H and O–H groups in total. The topological polar surface area (TPSA) is 70.8 Å². The molecule has 1 saturated heterocycles. The highest BCUT2D eigenvalue weighted by molar-refractivity contribution is 5.80. The van der Waals surface area contributed by atoms with E-state index in [-0.39, 0.29) is 11.9 Å². The maximum Gasteiger partial charge on any atom is 0.235 e. The number of ether oxygens (including phenoxy) is 1. The van der Waals surface area contributed by atoms with Crippen LogP contribution in [0.1, 0.15) is 0 Å². The van der Waals surface area contributed by atoms with Gasteiger partial charge in [0.25, 0.3) is 0 Å². The Balaban J connectivity index is 1.89. The number of carbonyl (C=O) groups is 1. The first-order chi connectivity index (χ1) is 10.1. The number of hydrogen-bond donors (Lipinski definition) is 2. The summed E-state index contributed by atoms with van der Waals surface area (Å²) in [6.07, 6.45) is 0. The molecule has 6 nitrogen and oxygen atoms in total. The van der Waals surface area contributed by atoms with Crippen LogP contribution in [0.4, 0.5) is 5.69 Å². The van der Waals surface area contributed by atoms with E-state index in [0.717, 1.165) is 31.9 Å². The van der Waals surface area contributed by atoms with E-state index in [1.54, 1.807) is 14.2 Å². The van der Waals surface area contributed by atoms with Gasteiger partial charge in [-0.05, 0) is 19.2 Å². The van der Waals surface area contributed by atoms with E-state index < -0.39 is 0 Å². The summed E-state index contributed by atoms with van der Waals surface area (Å²) in [6.45, 7) is 4.37. The highest BCUT2D eigenvalue weighted by Gasteiger charge is 2.22. The molecule has 1 atom stereocenters. The Kier molecular flexibility index (Phi) is 5.41. The maximum absolute atomic E-state index is 11.3. The number of nitrogens with one attached hydrogen (secondary N) is 1. The molecular weight excluding hydrogens is 268 g/mol. The van der Waals surface area contributed by atoms with Crippen molar-refractivity contribution >= 4 is 11.6 Å². The quantitative estimate of drug-likeness (QED) is 0.765. The molecule has 2 rings (SSSR count). The van der Waals surface area contributed by atoms with Crippen LogP contribution in [0.15, 0.2) is 24.3 Å². The van der Waals surface area contributed by atoms with Crippen molar-refractivity contribution < 1.29 is 9.53 Å². The van der Waals surface area contributed by atoms with Crippen molar-refractivity contribution in [1.29, 1.82) is 0 Å². The standard InChI is InChI=1S/C15H24N4O2/c1-17-14(15(16)20)11-18-6-8-19(9-7-18)12-4-3-5-13(10-12)21-2/h3-5,10,14,17H,6-9,11H2,1-2H3,(H2,16,20). The highest BCUT2D eigenvalue weighted by Crippen LogP contribution is 2.22. The average molecular weight is 292 g/mol. The van der Waals surface area contributed by atoms with Crippen LogP contribution in [0.2, 0.25) is 0 Å². The third kappa shape index (κ3) is 4.09. The molecule has 1 unspecified atom stereocenters. The average Bonchev–Trinajstić information content (AvgIpc) is 2.53. The molecule has 0 spiro atoms. The molecule has 1 heterocycles. The number of hydrogen-bond acceptors (Lipinski definition) is 5. The zero-order valence-electron chi connectivity index (χ0n) is 12.7. The molecule has 1 fully saturated rings. The fourth-order valence-corrected chi connectivity index (χ4v) is 2.58. The molecule has 0 bridgehead atoms. The zero-order valence-corrected chi connectivity index (χ0v) is 12.7. The van der Waals surface area contributed by atoms with Crippen LogP contribution in [0.3, 0.4) is 0 Å². The summed E-state index contributed by atoms with van der Waals surface area (Å²) in [5.74, 6) is 0.576. The van der Waals surface area contributed by atoms with Gasteiger partial charge in [0.05, 0.1) is 13.2 Å². The van der Waals surface area contributed by atoms with Gasteiger partial charge in [0.15, 0.2) is 0 Å². The summed E-state index contributed by atoms with van der Waals surface area (Å²) in [5, 5.41) is 2.96. The number of rotatable bonds is 6. The van der Waals surface area contributed by atoms with E-state index in [4.69, 9.17) is 10.5 Å². The zero-order chi connectivity index (χ0) is 15.2. The van der Waals surface area contributed by atoms with E-state index in [9.17, 15) is 4.79 Å². The SMILES string of the molecule is CNC(CN1CCN(c2cccc(OC)c2)CC1)C(N)=O. The number of anilines is 1. The number of methoxy groups -OCH3 is 1. The van der Waals surface area contributed by atoms with E-state index in [0.29, 0.717) is 6.54 Å². The molecule has 1 aliphatic rings. The van der Waals surface area contributed by atoms with Crippen molar-refractivity contribution in [2.45, 2.75) is 6.04 Å². The molecular formula is C15H24N4O2. The van der Waals surface area contributed by atoms with Gasteiger partial charge in [0.2, 0.25) is 5.91 Å². The first-order valence-electron chi connectivity index (χ1n) is 7.22. The van der Waals surface area contributed by atoms with E-state index in [1.165, 1.54) is 5.69 Å². The molecule has 21 heavy (non-hydrogen) atoms. The van der Waals surface area contributed by atoms with Crippen LogP contribution in [0.25, 0.3) is 0 Å². The molecule has 1 aromatic carbocycles. The number of likely N-dealkylation sites (N-methyl/N-ethyl adjacent to an activating group) is 1. The van der Waals surface area contributed by atoms with Crippen molar-refractivity contribution in [3.05, 3.63) is 24.3 Å². The van der Waals surface area contributed by atoms with Gasteiger partial charge in [0.1, 0.15) is 5.75 Å². The number of piperazine rings is 1. The molecule has 1 amide bonds. The van der Waals surface area contributed by atoms with Gasteiger partial charge >= 0.3 is 0 Å². The van der Waals surface area contributed by atoms with Crippen LogP contribution in [-0.4, -0.2) is 63.7 Å². The highest BCUT2D eigenvalue weighted by atomic mass is 16.5. The van der Waals surface area contributed by atoms with Gasteiger partial charge in [-0.3, -0.25) is 9.69 Å². The summed E-state index contributed by atoms with van der Waals surface area (Å²) in [7, 11) is 3.45. The second-order valence-corrected chi connectivity index (χ2v) is 5.23. The molecule has 116 valence electrons. The Bertz CT molecular complexity index is 472. The second kappa shape index (κ2) is 7.28. The predicted molar refractivity (Wildman–Crippen MR) is 83.7 cm³/mol. The van der Waals surface area contributed by atoms with Crippen molar-refractivity contribution in [3.8, 4) is 5.75 Å². The van der Waals surface area contributed by atoms with E-state index in [2.05, 4.69) is 27.2 Å². The summed E-state index contributed by atoms with van der Waals surface area (Å²) in [5.41, 5.74) is 6.54. The number of carbonyl (C=O) groups excluding carboxylic acids is 1. The summed E-state index contributed by atoms with van der Waals surface area (Å²) < 4.78 is 5.26. The van der Waals surface area contributed by atoms with Crippen molar-refractivity contribution in [2.75, 3.05) is 51.8 Å². The fraction of sp³-hybridized carbons (Fsp3) is 0.533. The molecule has 0 saturated carbocycles. The van der Waals surface area contributed by atoms with Crippen molar-refractivity contribution in [2.24, 2.45) is 5.73 Å². The van der Waals surface area contributed by atoms with Gasteiger partial charge in [-0.25, -0.2) is 0 Å². The minimum Gasteiger partial charge on any atom is -0.497 e. The Hall–Kier alpha value is -1.79. The minimum absolute atomic E-state index is 0.284. The Labute approximate surface area is 125 Å². The van der Waals surface area contributed by atoms with Gasteiger partial charge < -0.3 is 20.7 Å². The lowest BCUT2D eigenvalue weighted by atomic mass is 10.2. The van der Waals surface area contributed by atoms with Crippen LogP contribution in [0, 0.1) is 0 Å². The lowest BCUT2D eigenvalue weighted by Gasteiger charge is -2.37. The first kappa shape index (κ1) is 15.6. The summed E-state index contributed by atoms with van der Waals surface area (Å²) in [4.78, 5) is 15.9. The third-order valence-electron chi connectivity index (χ3n) is 3.92. The minimum atomic E-state index is -0.298. The van der Waals surface area contributed by atoms with E-state index in [1.807, 2.05) is 12.1 Å². The molecule has 0 aliphatic carbocycles. The number of nitrogens with zero attached hydrogens (tertiary/aromatic N) is 2. The Morgan fingerprint density at radius 2 is 2.10 bits per heavy atom. The molecule has 6 heteroatoms.